The molecule has 0 radical (unpaired) electrons. The van der Waals surface area contributed by atoms with Gasteiger partial charge in [-0.3, -0.25) is 0 Å². The van der Waals surface area contributed by atoms with E-state index < -0.39 is 5.97 Å². The van der Waals surface area contributed by atoms with E-state index in [0.717, 1.165) is 6.42 Å². The molecule has 0 aliphatic heterocycles. The zero-order chi connectivity index (χ0) is 10.5. The summed E-state index contributed by atoms with van der Waals surface area (Å²) < 4.78 is 0. The number of halogens is 1. The summed E-state index contributed by atoms with van der Waals surface area (Å²) in [5.41, 5.74) is -0.118. The van der Waals surface area contributed by atoms with Crippen molar-refractivity contribution in [3.8, 4) is 0 Å². The van der Waals surface area contributed by atoms with E-state index in [4.69, 9.17) is 4.84 Å². The molecular formula is C10H20ClNO2. The molecule has 0 aromatic heterocycles. The fourth-order valence-electron chi connectivity index (χ4n) is 0.938. The van der Waals surface area contributed by atoms with Gasteiger partial charge in [0.2, 0.25) is 0 Å². The van der Waals surface area contributed by atoms with Crippen LogP contribution < -0.4 is 0 Å². The van der Waals surface area contributed by atoms with Gasteiger partial charge in [0, 0.05) is 12.6 Å². The predicted octanol–water partition coefficient (Wildman–Crippen LogP) is 2.56. The third-order valence-corrected chi connectivity index (χ3v) is 2.19. The zero-order valence-corrected chi connectivity index (χ0v) is 10.2. The number of rotatable bonds is 5. The summed E-state index contributed by atoms with van der Waals surface area (Å²) in [6.07, 6.45) is 2.10. The first-order chi connectivity index (χ1) is 5.97. The Bertz CT molecular complexity index is 193. The second-order valence-electron chi connectivity index (χ2n) is 3.48. The van der Waals surface area contributed by atoms with Gasteiger partial charge in [-0.2, -0.15) is 0 Å². The summed E-state index contributed by atoms with van der Waals surface area (Å²) in [4.78, 5) is 16.0. The molecule has 0 unspecified atom stereocenters. The van der Waals surface area contributed by atoms with Crippen LogP contribution in [0, 0.1) is 0 Å². The largest absolute Gasteiger partial charge is 0.364 e. The van der Waals surface area contributed by atoms with Gasteiger partial charge in [-0.25, -0.2) is 4.79 Å². The fraction of sp³-hybridized carbons (Fsp3) is 0.700. The second-order valence-corrected chi connectivity index (χ2v) is 3.48. The standard InChI is InChI=1S/C10H19NO2.ClH/c1-6-9(12)13-11(8-3)10(4,5)7-2;/h6H,1,7-8H2,2-5H3;1H. The smallest absolute Gasteiger partial charge is 0.349 e. The van der Waals surface area contributed by atoms with Crippen LogP contribution in [0.15, 0.2) is 12.7 Å². The maximum absolute atomic E-state index is 11.0. The summed E-state index contributed by atoms with van der Waals surface area (Å²) in [6.45, 7) is 12.1. The average molecular weight is 222 g/mol. The van der Waals surface area contributed by atoms with E-state index in [2.05, 4.69) is 13.5 Å². The Balaban J connectivity index is 0. The fourth-order valence-corrected chi connectivity index (χ4v) is 0.938. The number of hydrogen-bond acceptors (Lipinski definition) is 3. The monoisotopic (exact) mass is 221 g/mol. The molecule has 0 aromatic rings. The first-order valence-corrected chi connectivity index (χ1v) is 4.60. The summed E-state index contributed by atoms with van der Waals surface area (Å²) in [5.74, 6) is -0.400. The lowest BCUT2D eigenvalue weighted by molar-refractivity contribution is -0.210. The first kappa shape index (κ1) is 15.9. The number of carbonyl (C=O) groups excluding carboxylic acids is 1. The van der Waals surface area contributed by atoms with Crippen LogP contribution in [0.25, 0.3) is 0 Å². The average Bonchev–Trinajstić information content (AvgIpc) is 2.13. The molecule has 0 aromatic carbocycles. The molecule has 14 heavy (non-hydrogen) atoms. The van der Waals surface area contributed by atoms with Crippen molar-refractivity contribution in [3.05, 3.63) is 12.7 Å². The Morgan fingerprint density at radius 2 is 2.00 bits per heavy atom. The van der Waals surface area contributed by atoms with Crippen molar-refractivity contribution < 1.29 is 9.63 Å². The van der Waals surface area contributed by atoms with Crippen molar-refractivity contribution >= 4 is 18.4 Å². The Morgan fingerprint density at radius 1 is 1.50 bits per heavy atom. The lowest BCUT2D eigenvalue weighted by atomic mass is 10.0. The Hall–Kier alpha value is -0.540. The molecule has 3 nitrogen and oxygen atoms in total. The molecular weight excluding hydrogens is 202 g/mol. The van der Waals surface area contributed by atoms with Crippen LogP contribution in [0.1, 0.15) is 34.1 Å². The molecule has 0 aliphatic rings. The Morgan fingerprint density at radius 3 is 2.29 bits per heavy atom. The molecule has 0 rings (SSSR count). The molecule has 0 amide bonds. The number of carbonyl (C=O) groups is 1. The van der Waals surface area contributed by atoms with Crippen molar-refractivity contribution in [2.45, 2.75) is 39.7 Å². The highest BCUT2D eigenvalue weighted by molar-refractivity contribution is 5.85. The molecule has 0 atom stereocenters. The predicted molar refractivity (Wildman–Crippen MR) is 60.3 cm³/mol. The van der Waals surface area contributed by atoms with Crippen LogP contribution in [0.2, 0.25) is 0 Å². The van der Waals surface area contributed by atoms with Crippen LogP contribution in [0.3, 0.4) is 0 Å². The van der Waals surface area contributed by atoms with Crippen molar-refractivity contribution in [2.24, 2.45) is 0 Å². The summed E-state index contributed by atoms with van der Waals surface area (Å²) in [7, 11) is 0. The van der Waals surface area contributed by atoms with Gasteiger partial charge in [-0.05, 0) is 27.2 Å². The molecule has 0 N–H and O–H groups in total. The number of nitrogens with zero attached hydrogens (tertiary/aromatic N) is 1. The van der Waals surface area contributed by atoms with Crippen molar-refractivity contribution in [1.82, 2.24) is 5.06 Å². The molecule has 0 saturated carbocycles. The molecule has 4 heteroatoms. The Labute approximate surface area is 92.5 Å². The molecule has 0 saturated heterocycles. The highest BCUT2D eigenvalue weighted by Gasteiger charge is 2.26. The molecule has 0 heterocycles. The molecule has 0 spiro atoms. The van der Waals surface area contributed by atoms with E-state index in [1.54, 1.807) is 5.06 Å². The van der Waals surface area contributed by atoms with Gasteiger partial charge < -0.3 is 4.84 Å². The molecule has 84 valence electrons. The van der Waals surface area contributed by atoms with Gasteiger partial charge in [0.15, 0.2) is 0 Å². The molecule has 0 aliphatic carbocycles. The number of hydroxylamine groups is 2. The lowest BCUT2D eigenvalue weighted by Gasteiger charge is -2.34. The maximum atomic E-state index is 11.0. The van der Waals surface area contributed by atoms with Gasteiger partial charge in [-0.1, -0.05) is 13.5 Å². The van der Waals surface area contributed by atoms with E-state index in [0.29, 0.717) is 6.54 Å². The molecule has 0 fully saturated rings. The second kappa shape index (κ2) is 6.85. The van der Waals surface area contributed by atoms with Gasteiger partial charge >= 0.3 is 5.97 Å². The zero-order valence-electron chi connectivity index (χ0n) is 9.37. The van der Waals surface area contributed by atoms with Crippen LogP contribution in [-0.2, 0) is 9.63 Å². The summed E-state index contributed by atoms with van der Waals surface area (Å²) in [6, 6.07) is 0. The lowest BCUT2D eigenvalue weighted by Crippen LogP contribution is -2.44. The third kappa shape index (κ3) is 4.63. The topological polar surface area (TPSA) is 29.5 Å². The quantitative estimate of drug-likeness (QED) is 0.528. The van der Waals surface area contributed by atoms with Crippen LogP contribution in [0.4, 0.5) is 0 Å². The van der Waals surface area contributed by atoms with Gasteiger partial charge in [-0.15, -0.1) is 17.5 Å². The van der Waals surface area contributed by atoms with E-state index >= 15 is 0 Å². The summed E-state index contributed by atoms with van der Waals surface area (Å²) >= 11 is 0. The normalized spacial score (nSPS) is 10.6. The van der Waals surface area contributed by atoms with E-state index in [1.165, 1.54) is 6.08 Å². The van der Waals surface area contributed by atoms with Crippen molar-refractivity contribution in [1.29, 1.82) is 0 Å². The van der Waals surface area contributed by atoms with Gasteiger partial charge in [0.05, 0.1) is 5.54 Å². The minimum atomic E-state index is -0.400. The van der Waals surface area contributed by atoms with Crippen molar-refractivity contribution in [3.63, 3.8) is 0 Å². The van der Waals surface area contributed by atoms with Gasteiger partial charge in [0.1, 0.15) is 0 Å². The minimum absolute atomic E-state index is 0. The minimum Gasteiger partial charge on any atom is -0.364 e. The highest BCUT2D eigenvalue weighted by Crippen LogP contribution is 2.18. The Kier molecular flexibility index (Phi) is 7.78. The SMILES string of the molecule is C=CC(=O)ON(CC)C(C)(C)CC.Cl. The van der Waals surface area contributed by atoms with Crippen LogP contribution in [0.5, 0.6) is 0 Å². The van der Waals surface area contributed by atoms with Crippen LogP contribution >= 0.6 is 12.4 Å². The van der Waals surface area contributed by atoms with Crippen molar-refractivity contribution in [2.75, 3.05) is 6.54 Å². The van der Waals surface area contributed by atoms with E-state index in [9.17, 15) is 4.79 Å². The van der Waals surface area contributed by atoms with Crippen LogP contribution in [-0.4, -0.2) is 23.1 Å². The van der Waals surface area contributed by atoms with Gasteiger partial charge in [0.25, 0.3) is 0 Å². The maximum Gasteiger partial charge on any atom is 0.349 e. The first-order valence-electron chi connectivity index (χ1n) is 4.60. The number of hydrogen-bond donors (Lipinski definition) is 0. The highest BCUT2D eigenvalue weighted by atomic mass is 35.5. The molecule has 0 bridgehead atoms. The summed E-state index contributed by atoms with van der Waals surface area (Å²) in [5, 5.41) is 1.68. The van der Waals surface area contributed by atoms with E-state index in [-0.39, 0.29) is 17.9 Å². The third-order valence-electron chi connectivity index (χ3n) is 2.19. The van der Waals surface area contributed by atoms with E-state index in [1.807, 2.05) is 20.8 Å².